The molecule has 0 amide bonds. The lowest BCUT2D eigenvalue weighted by molar-refractivity contribution is 0.0601. The first-order chi connectivity index (χ1) is 10.6. The lowest BCUT2D eigenvalue weighted by Crippen LogP contribution is -2.03. The minimum absolute atomic E-state index is 0.418. The number of hydrogen-bond donors (Lipinski definition) is 1. The molecule has 0 spiro atoms. The molecule has 7 heteroatoms. The van der Waals surface area contributed by atoms with Crippen LogP contribution in [0.25, 0.3) is 10.2 Å². The van der Waals surface area contributed by atoms with E-state index in [2.05, 4.69) is 15.3 Å². The topological polar surface area (TPSA) is 64.1 Å². The van der Waals surface area contributed by atoms with Crippen molar-refractivity contribution in [2.24, 2.45) is 0 Å². The number of fused-ring (bicyclic) bond motifs is 1. The van der Waals surface area contributed by atoms with Crippen molar-refractivity contribution in [1.29, 1.82) is 0 Å². The Morgan fingerprint density at radius 2 is 2.14 bits per heavy atom. The van der Waals surface area contributed by atoms with Gasteiger partial charge in [0.1, 0.15) is 17.0 Å². The average molecular weight is 334 g/mol. The summed E-state index contributed by atoms with van der Waals surface area (Å²) >= 11 is 7.79. The van der Waals surface area contributed by atoms with Gasteiger partial charge < -0.3 is 10.1 Å². The summed E-state index contributed by atoms with van der Waals surface area (Å²) in [7, 11) is 1.34. The Bertz CT molecular complexity index is 863. The quantitative estimate of drug-likeness (QED) is 0.728. The van der Waals surface area contributed by atoms with Crippen LogP contribution in [-0.2, 0) is 4.74 Å². The van der Waals surface area contributed by atoms with Crippen LogP contribution in [0.1, 0.15) is 15.2 Å². The van der Waals surface area contributed by atoms with Crippen LogP contribution in [0, 0.1) is 6.92 Å². The highest BCUT2D eigenvalue weighted by molar-refractivity contribution is 7.18. The van der Waals surface area contributed by atoms with Gasteiger partial charge in [-0.25, -0.2) is 14.8 Å². The van der Waals surface area contributed by atoms with Crippen LogP contribution in [0.15, 0.2) is 30.6 Å². The fourth-order valence-electron chi connectivity index (χ4n) is 2.07. The van der Waals surface area contributed by atoms with E-state index < -0.39 is 5.97 Å². The van der Waals surface area contributed by atoms with E-state index >= 15 is 0 Å². The molecule has 22 heavy (non-hydrogen) atoms. The normalized spacial score (nSPS) is 10.7. The van der Waals surface area contributed by atoms with Crippen molar-refractivity contribution in [3.63, 3.8) is 0 Å². The highest BCUT2D eigenvalue weighted by Crippen LogP contribution is 2.32. The van der Waals surface area contributed by atoms with E-state index in [1.54, 1.807) is 29.5 Å². The highest BCUT2D eigenvalue weighted by Gasteiger charge is 2.12. The molecule has 0 aliphatic carbocycles. The number of halogens is 1. The molecule has 0 atom stereocenters. The number of benzene rings is 1. The van der Waals surface area contributed by atoms with E-state index in [0.29, 0.717) is 22.1 Å². The van der Waals surface area contributed by atoms with Crippen LogP contribution < -0.4 is 5.32 Å². The standard InChI is InChI=1S/C15H12ClN3O2S/c1-8-5-10-13(17-7-18-14(10)22-8)19-12-6-9(15(20)21-2)3-4-11(12)16/h3-7H,1-2H3,(H,17,18,19). The minimum Gasteiger partial charge on any atom is -0.465 e. The Morgan fingerprint density at radius 3 is 2.91 bits per heavy atom. The molecule has 2 heterocycles. The number of nitrogens with one attached hydrogen (secondary N) is 1. The predicted molar refractivity (Wildman–Crippen MR) is 88.2 cm³/mol. The molecule has 1 aromatic carbocycles. The molecule has 0 aliphatic heterocycles. The molecule has 112 valence electrons. The SMILES string of the molecule is COC(=O)c1ccc(Cl)c(Nc2ncnc3sc(C)cc23)c1. The Kier molecular flexibility index (Phi) is 3.96. The van der Waals surface area contributed by atoms with Crippen LogP contribution in [0.4, 0.5) is 11.5 Å². The molecule has 3 rings (SSSR count). The van der Waals surface area contributed by atoms with Gasteiger partial charge in [0.25, 0.3) is 0 Å². The highest BCUT2D eigenvalue weighted by atomic mass is 35.5. The maximum atomic E-state index is 11.6. The summed E-state index contributed by atoms with van der Waals surface area (Å²) in [6.07, 6.45) is 1.50. The third kappa shape index (κ3) is 2.75. The molecule has 0 fully saturated rings. The Hall–Kier alpha value is -2.18. The van der Waals surface area contributed by atoms with Gasteiger partial charge in [-0.2, -0.15) is 0 Å². The van der Waals surface area contributed by atoms with Crippen molar-refractivity contribution in [2.45, 2.75) is 6.92 Å². The molecule has 0 bridgehead atoms. The van der Waals surface area contributed by atoms with Gasteiger partial charge in [0.05, 0.1) is 28.8 Å². The number of carbonyl (C=O) groups is 1. The third-order valence-corrected chi connectivity index (χ3v) is 4.38. The molecule has 2 aromatic heterocycles. The van der Waals surface area contributed by atoms with E-state index in [-0.39, 0.29) is 0 Å². The van der Waals surface area contributed by atoms with Crippen molar-refractivity contribution < 1.29 is 9.53 Å². The second-order valence-electron chi connectivity index (χ2n) is 4.61. The van der Waals surface area contributed by atoms with Crippen molar-refractivity contribution in [2.75, 3.05) is 12.4 Å². The molecule has 5 nitrogen and oxygen atoms in total. The van der Waals surface area contributed by atoms with Crippen LogP contribution in [0.3, 0.4) is 0 Å². The van der Waals surface area contributed by atoms with Crippen molar-refractivity contribution in [1.82, 2.24) is 9.97 Å². The second-order valence-corrected chi connectivity index (χ2v) is 6.25. The van der Waals surface area contributed by atoms with E-state index in [9.17, 15) is 4.79 Å². The zero-order valence-electron chi connectivity index (χ0n) is 11.9. The number of anilines is 2. The van der Waals surface area contributed by atoms with Crippen LogP contribution >= 0.6 is 22.9 Å². The summed E-state index contributed by atoms with van der Waals surface area (Å²) in [5, 5.41) is 4.58. The first-order valence-corrected chi connectivity index (χ1v) is 7.64. The number of aryl methyl sites for hydroxylation is 1. The number of thiophene rings is 1. The van der Waals surface area contributed by atoms with Gasteiger partial charge in [0.2, 0.25) is 0 Å². The fourth-order valence-corrected chi connectivity index (χ4v) is 3.08. The van der Waals surface area contributed by atoms with Crippen molar-refractivity contribution in [3.05, 3.63) is 46.1 Å². The molecule has 0 aliphatic rings. The fraction of sp³-hybridized carbons (Fsp3) is 0.133. The van der Waals surface area contributed by atoms with Crippen LogP contribution in [-0.4, -0.2) is 23.0 Å². The summed E-state index contributed by atoms with van der Waals surface area (Å²) in [6.45, 7) is 2.01. The first kappa shape index (κ1) is 14.7. The molecular weight excluding hydrogens is 322 g/mol. The van der Waals surface area contributed by atoms with Crippen LogP contribution in [0.5, 0.6) is 0 Å². The molecule has 0 saturated heterocycles. The monoisotopic (exact) mass is 333 g/mol. The van der Waals surface area contributed by atoms with E-state index in [1.165, 1.54) is 13.4 Å². The maximum absolute atomic E-state index is 11.6. The van der Waals surface area contributed by atoms with E-state index in [1.807, 2.05) is 13.0 Å². The first-order valence-electron chi connectivity index (χ1n) is 6.44. The number of carbonyl (C=O) groups excluding carboxylic acids is 1. The third-order valence-electron chi connectivity index (χ3n) is 3.09. The molecule has 0 saturated carbocycles. The number of esters is 1. The lowest BCUT2D eigenvalue weighted by atomic mass is 10.2. The van der Waals surface area contributed by atoms with Gasteiger partial charge in [-0.15, -0.1) is 11.3 Å². The summed E-state index contributed by atoms with van der Waals surface area (Å²) in [5.74, 6) is 0.234. The molecule has 3 aromatic rings. The number of nitrogens with zero attached hydrogens (tertiary/aromatic N) is 2. The predicted octanol–water partition coefficient (Wildman–Crippen LogP) is 4.18. The van der Waals surface area contributed by atoms with Gasteiger partial charge in [0.15, 0.2) is 0 Å². The van der Waals surface area contributed by atoms with Gasteiger partial charge in [-0.3, -0.25) is 0 Å². The van der Waals surface area contributed by atoms with Crippen molar-refractivity contribution >= 4 is 50.6 Å². The summed E-state index contributed by atoms with van der Waals surface area (Å²) in [6, 6.07) is 6.92. The average Bonchev–Trinajstić information content (AvgIpc) is 2.90. The Morgan fingerprint density at radius 1 is 1.32 bits per heavy atom. The second kappa shape index (κ2) is 5.90. The summed E-state index contributed by atoms with van der Waals surface area (Å²) in [5.41, 5.74) is 1.01. The zero-order chi connectivity index (χ0) is 15.7. The number of aromatic nitrogens is 2. The van der Waals surface area contributed by atoms with Gasteiger partial charge in [-0.1, -0.05) is 11.6 Å². The Labute approximate surface area is 135 Å². The van der Waals surface area contributed by atoms with Gasteiger partial charge in [-0.05, 0) is 31.2 Å². The molecule has 0 unspecified atom stereocenters. The van der Waals surface area contributed by atoms with E-state index in [4.69, 9.17) is 16.3 Å². The van der Waals surface area contributed by atoms with Crippen molar-refractivity contribution in [3.8, 4) is 0 Å². The van der Waals surface area contributed by atoms with E-state index in [0.717, 1.165) is 15.1 Å². The Balaban J connectivity index is 2.03. The number of rotatable bonds is 3. The minimum atomic E-state index is -0.418. The largest absolute Gasteiger partial charge is 0.465 e. The number of hydrogen-bond acceptors (Lipinski definition) is 6. The number of ether oxygens (including phenoxy) is 1. The molecular formula is C15H12ClN3O2S. The van der Waals surface area contributed by atoms with Gasteiger partial charge >= 0.3 is 5.97 Å². The summed E-state index contributed by atoms with van der Waals surface area (Å²) in [4.78, 5) is 22.2. The maximum Gasteiger partial charge on any atom is 0.337 e. The van der Waals surface area contributed by atoms with Gasteiger partial charge in [0, 0.05) is 4.88 Å². The lowest BCUT2D eigenvalue weighted by Gasteiger charge is -2.09. The summed E-state index contributed by atoms with van der Waals surface area (Å²) < 4.78 is 4.72. The molecule has 0 radical (unpaired) electrons. The molecule has 1 N–H and O–H groups in total. The zero-order valence-corrected chi connectivity index (χ0v) is 13.5. The van der Waals surface area contributed by atoms with Crippen LogP contribution in [0.2, 0.25) is 5.02 Å². The number of methoxy groups -OCH3 is 1. The smallest absolute Gasteiger partial charge is 0.337 e.